The van der Waals surface area contributed by atoms with E-state index in [-0.39, 0.29) is 19.6 Å². The first-order chi connectivity index (χ1) is 9.99. The largest absolute Gasteiger partial charge is 0.480 e. The second-order valence-corrected chi connectivity index (χ2v) is 4.35. The number of carboxylic acid groups (broad SMARTS) is 1. The van der Waals surface area contributed by atoms with Crippen molar-refractivity contribution in [3.05, 3.63) is 30.1 Å². The number of carbonyl (C=O) groups excluding carboxylic acids is 1. The van der Waals surface area contributed by atoms with Crippen LogP contribution in [0.5, 0.6) is 0 Å². The van der Waals surface area contributed by atoms with Crippen LogP contribution in [0.2, 0.25) is 0 Å². The highest BCUT2D eigenvalue weighted by molar-refractivity contribution is 5.94. The van der Waals surface area contributed by atoms with E-state index in [2.05, 4.69) is 5.32 Å². The van der Waals surface area contributed by atoms with Gasteiger partial charge in [0.05, 0.1) is 0 Å². The summed E-state index contributed by atoms with van der Waals surface area (Å²) < 4.78 is 18.0. The van der Waals surface area contributed by atoms with Gasteiger partial charge in [-0.1, -0.05) is 6.07 Å². The molecule has 7 heteroatoms. The Kier molecular flexibility index (Phi) is 6.61. The van der Waals surface area contributed by atoms with E-state index in [9.17, 15) is 14.0 Å². The lowest BCUT2D eigenvalue weighted by Crippen LogP contribution is -2.48. The molecule has 0 saturated carbocycles. The molecule has 0 aliphatic heterocycles. The van der Waals surface area contributed by atoms with Gasteiger partial charge in [-0.05, 0) is 25.1 Å². The number of anilines is 1. The third kappa shape index (κ3) is 5.03. The van der Waals surface area contributed by atoms with Crippen LogP contribution in [-0.4, -0.2) is 43.4 Å². The number of methoxy groups -OCH3 is 1. The maximum atomic E-state index is 13.2. The van der Waals surface area contributed by atoms with Crippen LogP contribution in [0.3, 0.4) is 0 Å². The first kappa shape index (κ1) is 16.9. The average Bonchev–Trinajstić information content (AvgIpc) is 2.44. The maximum absolute atomic E-state index is 13.2. The van der Waals surface area contributed by atoms with Gasteiger partial charge in [0.1, 0.15) is 11.9 Å². The van der Waals surface area contributed by atoms with Crippen molar-refractivity contribution in [3.63, 3.8) is 0 Å². The first-order valence-electron chi connectivity index (χ1n) is 6.55. The highest BCUT2D eigenvalue weighted by Crippen LogP contribution is 2.15. The lowest BCUT2D eigenvalue weighted by molar-refractivity contribution is -0.139. The summed E-state index contributed by atoms with van der Waals surface area (Å²) in [6.45, 7) is 2.21. The fourth-order valence-electron chi connectivity index (χ4n) is 1.81. The smallest absolute Gasteiger partial charge is 0.326 e. The number of nitrogens with zero attached hydrogens (tertiary/aromatic N) is 1. The molecule has 0 saturated heterocycles. The molecule has 0 heterocycles. The number of carboxylic acids is 1. The second-order valence-electron chi connectivity index (χ2n) is 4.35. The summed E-state index contributed by atoms with van der Waals surface area (Å²) in [4.78, 5) is 24.5. The summed E-state index contributed by atoms with van der Waals surface area (Å²) in [6, 6.07) is 3.91. The predicted octanol–water partition coefficient (Wildman–Crippen LogP) is 1.85. The van der Waals surface area contributed by atoms with Crippen LogP contribution < -0.4 is 10.2 Å². The van der Waals surface area contributed by atoms with Gasteiger partial charge < -0.3 is 15.2 Å². The quantitative estimate of drug-likeness (QED) is 0.805. The Morgan fingerprint density at radius 1 is 1.48 bits per heavy atom. The molecule has 116 valence electrons. The molecule has 0 spiro atoms. The monoisotopic (exact) mass is 298 g/mol. The fourth-order valence-corrected chi connectivity index (χ4v) is 1.81. The minimum absolute atomic E-state index is 0.151. The molecule has 6 nitrogen and oxygen atoms in total. The predicted molar refractivity (Wildman–Crippen MR) is 75.9 cm³/mol. The zero-order valence-corrected chi connectivity index (χ0v) is 12.0. The molecule has 0 radical (unpaired) electrons. The summed E-state index contributed by atoms with van der Waals surface area (Å²) in [5.74, 6) is -1.61. The van der Waals surface area contributed by atoms with Crippen molar-refractivity contribution >= 4 is 17.7 Å². The number of aliphatic carboxylic acids is 1. The Labute approximate surface area is 122 Å². The number of hydrogen-bond acceptors (Lipinski definition) is 3. The van der Waals surface area contributed by atoms with E-state index in [0.717, 1.165) is 0 Å². The molecule has 0 aliphatic carbocycles. The molecule has 0 aromatic heterocycles. The Bertz CT molecular complexity index is 496. The van der Waals surface area contributed by atoms with Gasteiger partial charge in [-0.15, -0.1) is 0 Å². The van der Waals surface area contributed by atoms with Crippen LogP contribution in [0.1, 0.15) is 13.3 Å². The normalized spacial score (nSPS) is 11.8. The second kappa shape index (κ2) is 8.21. The number of carbonyl (C=O) groups is 2. The summed E-state index contributed by atoms with van der Waals surface area (Å²) in [5.41, 5.74) is 0.367. The van der Waals surface area contributed by atoms with E-state index in [1.807, 2.05) is 0 Å². The molecular formula is C14H19FN2O4. The van der Waals surface area contributed by atoms with Crippen molar-refractivity contribution in [2.75, 3.05) is 25.2 Å². The molecule has 1 atom stereocenters. The van der Waals surface area contributed by atoms with Gasteiger partial charge in [-0.25, -0.2) is 14.0 Å². The molecule has 2 amide bonds. The first-order valence-corrected chi connectivity index (χ1v) is 6.55. The van der Waals surface area contributed by atoms with E-state index >= 15 is 0 Å². The van der Waals surface area contributed by atoms with Crippen molar-refractivity contribution in [1.29, 1.82) is 0 Å². The van der Waals surface area contributed by atoms with Gasteiger partial charge in [0.2, 0.25) is 0 Å². The Morgan fingerprint density at radius 2 is 2.19 bits per heavy atom. The zero-order valence-electron chi connectivity index (χ0n) is 12.0. The average molecular weight is 298 g/mol. The zero-order chi connectivity index (χ0) is 15.8. The van der Waals surface area contributed by atoms with E-state index in [1.165, 1.54) is 30.2 Å². The summed E-state index contributed by atoms with van der Waals surface area (Å²) in [5, 5.41) is 11.5. The van der Waals surface area contributed by atoms with Crippen LogP contribution in [0.4, 0.5) is 14.9 Å². The maximum Gasteiger partial charge on any atom is 0.326 e. The number of halogens is 1. The molecular weight excluding hydrogens is 279 g/mol. The van der Waals surface area contributed by atoms with Crippen LogP contribution in [0.25, 0.3) is 0 Å². The van der Waals surface area contributed by atoms with Crippen molar-refractivity contribution < 1.29 is 23.8 Å². The topological polar surface area (TPSA) is 78.9 Å². The fraction of sp³-hybridized carbons (Fsp3) is 0.429. The van der Waals surface area contributed by atoms with Crippen LogP contribution in [-0.2, 0) is 9.53 Å². The van der Waals surface area contributed by atoms with Crippen LogP contribution in [0, 0.1) is 5.82 Å². The van der Waals surface area contributed by atoms with E-state index in [0.29, 0.717) is 5.69 Å². The van der Waals surface area contributed by atoms with Crippen molar-refractivity contribution in [2.45, 2.75) is 19.4 Å². The van der Waals surface area contributed by atoms with E-state index in [1.54, 1.807) is 13.0 Å². The number of ether oxygens (including phenoxy) is 1. The van der Waals surface area contributed by atoms with Crippen molar-refractivity contribution in [3.8, 4) is 0 Å². The Hall–Kier alpha value is -2.15. The van der Waals surface area contributed by atoms with Gasteiger partial charge >= 0.3 is 12.0 Å². The summed E-state index contributed by atoms with van der Waals surface area (Å²) in [6.07, 6.45) is 0.151. The van der Waals surface area contributed by atoms with Crippen LogP contribution >= 0.6 is 0 Å². The lowest BCUT2D eigenvalue weighted by Gasteiger charge is -2.24. The molecule has 1 aromatic carbocycles. The number of benzene rings is 1. The van der Waals surface area contributed by atoms with Crippen LogP contribution in [0.15, 0.2) is 24.3 Å². The molecule has 0 fully saturated rings. The Morgan fingerprint density at radius 3 is 2.71 bits per heavy atom. The number of urea groups is 1. The standard InChI is InChI=1S/C14H19FN2O4/c1-3-17(11-6-4-5-10(15)9-11)14(20)16-12(13(18)19)7-8-21-2/h4-6,9,12H,3,7-8H2,1-2H3,(H,16,20)(H,18,19). The molecule has 2 N–H and O–H groups in total. The Balaban J connectivity index is 2.80. The third-order valence-electron chi connectivity index (χ3n) is 2.89. The van der Waals surface area contributed by atoms with Gasteiger partial charge in [0.25, 0.3) is 0 Å². The highest BCUT2D eigenvalue weighted by atomic mass is 19.1. The molecule has 0 aliphatic rings. The molecule has 1 aromatic rings. The molecule has 21 heavy (non-hydrogen) atoms. The summed E-state index contributed by atoms with van der Waals surface area (Å²) in [7, 11) is 1.45. The molecule has 0 bridgehead atoms. The molecule has 1 rings (SSSR count). The van der Waals surface area contributed by atoms with Crippen molar-refractivity contribution in [2.24, 2.45) is 0 Å². The van der Waals surface area contributed by atoms with Gasteiger partial charge in [0, 0.05) is 32.4 Å². The van der Waals surface area contributed by atoms with E-state index < -0.39 is 23.9 Å². The minimum atomic E-state index is -1.14. The van der Waals surface area contributed by atoms with Crippen molar-refractivity contribution in [1.82, 2.24) is 5.32 Å². The number of hydrogen-bond donors (Lipinski definition) is 2. The van der Waals surface area contributed by atoms with Gasteiger partial charge in [-0.3, -0.25) is 4.90 Å². The lowest BCUT2D eigenvalue weighted by atomic mass is 10.2. The molecule has 1 unspecified atom stereocenters. The van der Waals surface area contributed by atoms with Gasteiger partial charge in [0.15, 0.2) is 0 Å². The van der Waals surface area contributed by atoms with E-state index in [4.69, 9.17) is 9.84 Å². The van der Waals surface area contributed by atoms with Gasteiger partial charge in [-0.2, -0.15) is 0 Å². The third-order valence-corrected chi connectivity index (χ3v) is 2.89. The minimum Gasteiger partial charge on any atom is -0.480 e. The summed E-state index contributed by atoms with van der Waals surface area (Å²) >= 11 is 0. The number of amides is 2. The highest BCUT2D eigenvalue weighted by Gasteiger charge is 2.23. The SMILES string of the molecule is CCN(C(=O)NC(CCOC)C(=O)O)c1cccc(F)c1. The number of nitrogens with one attached hydrogen (secondary N) is 1. The number of rotatable bonds is 7.